The molecule has 2 aromatic carbocycles. The molecule has 0 aliphatic carbocycles. The molecule has 0 N–H and O–H groups in total. The smallest absolute Gasteiger partial charge is 0.343 e. The number of aryl methyl sites for hydroxylation is 1. The lowest BCUT2D eigenvalue weighted by molar-refractivity contribution is 0.0734. The highest BCUT2D eigenvalue weighted by Crippen LogP contribution is 2.27. The molecule has 0 aliphatic heterocycles. The molecule has 0 aliphatic rings. The van der Waals surface area contributed by atoms with E-state index in [1.54, 1.807) is 24.3 Å². The largest absolute Gasteiger partial charge is 0.492 e. The Labute approximate surface area is 217 Å². The molecule has 0 saturated carbocycles. The van der Waals surface area contributed by atoms with Crippen LogP contribution in [0.1, 0.15) is 81.1 Å². The molecule has 1 aromatic heterocycles. The summed E-state index contributed by atoms with van der Waals surface area (Å²) in [5.74, 6) is 1.44. The van der Waals surface area contributed by atoms with Crippen molar-refractivity contribution in [3.63, 3.8) is 0 Å². The number of esters is 1. The van der Waals surface area contributed by atoms with E-state index in [2.05, 4.69) is 39.7 Å². The van der Waals surface area contributed by atoms with Crippen molar-refractivity contribution in [3.05, 3.63) is 70.5 Å². The van der Waals surface area contributed by atoms with E-state index in [0.717, 1.165) is 40.6 Å². The first-order chi connectivity index (χ1) is 17.1. The maximum atomic E-state index is 12.6. The Morgan fingerprint density at radius 1 is 0.857 bits per heavy atom. The van der Waals surface area contributed by atoms with Gasteiger partial charge < -0.3 is 9.47 Å². The highest BCUT2D eigenvalue weighted by molar-refractivity contribution is 9.10. The SMILES string of the molecule is CCCCCCCCCOc1ccc(C(=O)Oc2ccc(-c3ncc(CCC)cn3)cc2)cc1Br. The molecule has 3 aromatic rings. The predicted octanol–water partition coefficient (Wildman–Crippen LogP) is 8.21. The van der Waals surface area contributed by atoms with E-state index in [4.69, 9.17) is 9.47 Å². The van der Waals surface area contributed by atoms with Crippen molar-refractivity contribution in [1.82, 2.24) is 9.97 Å². The molecule has 5 nitrogen and oxygen atoms in total. The third-order valence-electron chi connectivity index (χ3n) is 5.74. The van der Waals surface area contributed by atoms with Gasteiger partial charge in [-0.2, -0.15) is 0 Å². The van der Waals surface area contributed by atoms with E-state index in [0.29, 0.717) is 23.7 Å². The number of halogens is 1. The van der Waals surface area contributed by atoms with Crippen LogP contribution in [0.5, 0.6) is 11.5 Å². The third kappa shape index (κ3) is 8.77. The van der Waals surface area contributed by atoms with E-state index < -0.39 is 5.97 Å². The molecule has 1 heterocycles. The zero-order valence-corrected chi connectivity index (χ0v) is 22.4. The van der Waals surface area contributed by atoms with E-state index in [1.165, 1.54) is 38.5 Å². The van der Waals surface area contributed by atoms with E-state index in [-0.39, 0.29) is 0 Å². The lowest BCUT2D eigenvalue weighted by atomic mass is 10.1. The molecule has 0 radical (unpaired) electrons. The van der Waals surface area contributed by atoms with Crippen molar-refractivity contribution >= 4 is 21.9 Å². The second-order valence-corrected chi connectivity index (χ2v) is 9.55. The van der Waals surface area contributed by atoms with E-state index in [9.17, 15) is 4.79 Å². The maximum absolute atomic E-state index is 12.6. The van der Waals surface area contributed by atoms with Crippen LogP contribution in [-0.4, -0.2) is 22.5 Å². The van der Waals surface area contributed by atoms with Gasteiger partial charge in [-0.15, -0.1) is 0 Å². The molecular weight excluding hydrogens is 504 g/mol. The molecule has 0 fully saturated rings. The summed E-state index contributed by atoms with van der Waals surface area (Å²) in [6.45, 7) is 5.04. The molecule has 0 atom stereocenters. The van der Waals surface area contributed by atoms with Gasteiger partial charge in [-0.3, -0.25) is 0 Å². The first-order valence-electron chi connectivity index (χ1n) is 12.7. The number of hydrogen-bond acceptors (Lipinski definition) is 5. The van der Waals surface area contributed by atoms with Gasteiger partial charge in [0.1, 0.15) is 11.5 Å². The molecule has 35 heavy (non-hydrogen) atoms. The zero-order valence-electron chi connectivity index (χ0n) is 20.8. The van der Waals surface area contributed by atoms with Crippen LogP contribution >= 0.6 is 15.9 Å². The standard InChI is InChI=1S/C29H35BrN2O3/c1-3-5-6-7-8-9-10-18-34-27-17-14-24(19-26(27)30)29(33)35-25-15-12-23(13-16-25)28-31-20-22(11-4-2)21-32-28/h12-17,19-21H,3-11,18H2,1-2H3. The van der Waals surface area contributed by atoms with Crippen LogP contribution < -0.4 is 9.47 Å². The summed E-state index contributed by atoms with van der Waals surface area (Å²) in [4.78, 5) is 21.5. The monoisotopic (exact) mass is 538 g/mol. The van der Waals surface area contributed by atoms with E-state index in [1.807, 2.05) is 30.6 Å². The molecule has 3 rings (SSSR count). The van der Waals surface area contributed by atoms with Crippen molar-refractivity contribution in [1.29, 1.82) is 0 Å². The summed E-state index contributed by atoms with van der Waals surface area (Å²) in [7, 11) is 0. The average molecular weight is 540 g/mol. The number of hydrogen-bond donors (Lipinski definition) is 0. The number of unbranched alkanes of at least 4 members (excludes halogenated alkanes) is 6. The Morgan fingerprint density at radius 3 is 2.20 bits per heavy atom. The van der Waals surface area contributed by atoms with Gasteiger partial charge in [0.25, 0.3) is 0 Å². The lowest BCUT2D eigenvalue weighted by Crippen LogP contribution is -2.09. The maximum Gasteiger partial charge on any atom is 0.343 e. The minimum Gasteiger partial charge on any atom is -0.492 e. The Balaban J connectivity index is 1.48. The quantitative estimate of drug-likeness (QED) is 0.117. The van der Waals surface area contributed by atoms with Crippen molar-refractivity contribution in [2.45, 2.75) is 71.6 Å². The third-order valence-corrected chi connectivity index (χ3v) is 6.36. The number of carbonyl (C=O) groups excluding carboxylic acids is 1. The minimum atomic E-state index is -0.419. The van der Waals surface area contributed by atoms with Crippen molar-refractivity contribution < 1.29 is 14.3 Å². The van der Waals surface area contributed by atoms with Gasteiger partial charge in [-0.1, -0.05) is 58.8 Å². The first kappa shape index (κ1) is 26.9. The number of ether oxygens (including phenoxy) is 2. The minimum absolute atomic E-state index is 0.419. The summed E-state index contributed by atoms with van der Waals surface area (Å²) in [5.41, 5.74) is 2.46. The van der Waals surface area contributed by atoms with Crippen LogP contribution in [0.25, 0.3) is 11.4 Å². The molecule has 0 amide bonds. The van der Waals surface area contributed by atoms with Crippen LogP contribution in [0, 0.1) is 0 Å². The fraction of sp³-hybridized carbons (Fsp3) is 0.414. The van der Waals surface area contributed by atoms with Gasteiger partial charge in [0.2, 0.25) is 0 Å². The van der Waals surface area contributed by atoms with Crippen LogP contribution in [0.2, 0.25) is 0 Å². The number of carbonyl (C=O) groups is 1. The number of aromatic nitrogens is 2. The fourth-order valence-electron chi connectivity index (χ4n) is 3.75. The Bertz CT molecular complexity index is 1050. The van der Waals surface area contributed by atoms with Crippen LogP contribution in [0.3, 0.4) is 0 Å². The highest BCUT2D eigenvalue weighted by atomic mass is 79.9. The van der Waals surface area contributed by atoms with E-state index >= 15 is 0 Å². The molecule has 0 unspecified atom stereocenters. The molecule has 0 spiro atoms. The van der Waals surface area contributed by atoms with Gasteiger partial charge in [-0.25, -0.2) is 14.8 Å². The summed E-state index contributed by atoms with van der Waals surface area (Å²) < 4.78 is 12.2. The molecule has 0 saturated heterocycles. The molecule has 6 heteroatoms. The van der Waals surface area contributed by atoms with Gasteiger partial charge in [-0.05, 0) is 76.8 Å². The first-order valence-corrected chi connectivity index (χ1v) is 13.5. The van der Waals surface area contributed by atoms with Gasteiger partial charge in [0.05, 0.1) is 16.6 Å². The second kappa shape index (κ2) is 14.6. The molecule has 186 valence electrons. The van der Waals surface area contributed by atoms with Crippen LogP contribution in [0.4, 0.5) is 0 Å². The van der Waals surface area contributed by atoms with Gasteiger partial charge in [0, 0.05) is 18.0 Å². The number of rotatable bonds is 14. The summed E-state index contributed by atoms with van der Waals surface area (Å²) >= 11 is 3.52. The highest BCUT2D eigenvalue weighted by Gasteiger charge is 2.12. The summed E-state index contributed by atoms with van der Waals surface area (Å²) in [6, 6.07) is 12.5. The van der Waals surface area contributed by atoms with Gasteiger partial charge in [0.15, 0.2) is 5.82 Å². The topological polar surface area (TPSA) is 61.3 Å². The Morgan fingerprint density at radius 2 is 1.54 bits per heavy atom. The van der Waals surface area contributed by atoms with Crippen molar-refractivity contribution in [3.8, 4) is 22.9 Å². The molecular formula is C29H35BrN2O3. The Hall–Kier alpha value is -2.73. The zero-order chi connectivity index (χ0) is 24.9. The number of nitrogens with zero attached hydrogens (tertiary/aromatic N) is 2. The van der Waals surface area contributed by atoms with Crippen molar-refractivity contribution in [2.75, 3.05) is 6.61 Å². The predicted molar refractivity (Wildman–Crippen MR) is 144 cm³/mol. The second-order valence-electron chi connectivity index (χ2n) is 8.69. The van der Waals surface area contributed by atoms with Crippen molar-refractivity contribution in [2.24, 2.45) is 0 Å². The van der Waals surface area contributed by atoms with Crippen LogP contribution in [0.15, 0.2) is 59.3 Å². The van der Waals surface area contributed by atoms with Crippen LogP contribution in [-0.2, 0) is 6.42 Å². The lowest BCUT2D eigenvalue weighted by Gasteiger charge is -2.10. The average Bonchev–Trinajstić information content (AvgIpc) is 2.87. The Kier molecular flexibility index (Phi) is 11.2. The normalized spacial score (nSPS) is 10.8. The fourth-order valence-corrected chi connectivity index (χ4v) is 4.24. The number of benzene rings is 2. The molecule has 0 bridgehead atoms. The summed E-state index contributed by atoms with van der Waals surface area (Å²) in [6.07, 6.45) is 14.5. The summed E-state index contributed by atoms with van der Waals surface area (Å²) in [5, 5.41) is 0. The van der Waals surface area contributed by atoms with Gasteiger partial charge >= 0.3 is 5.97 Å².